The van der Waals surface area contributed by atoms with Gasteiger partial charge in [0.2, 0.25) is 0 Å². The second kappa shape index (κ2) is 13.6. The molecular formula is C32H43N9O. The van der Waals surface area contributed by atoms with Crippen LogP contribution in [-0.4, -0.2) is 113 Å². The largest absolute Gasteiger partial charge is 0.384 e. The fourth-order valence-electron chi connectivity index (χ4n) is 6.00. The molecule has 10 nitrogen and oxygen atoms in total. The predicted molar refractivity (Wildman–Crippen MR) is 169 cm³/mol. The molecule has 10 heteroatoms. The minimum Gasteiger partial charge on any atom is -0.384 e. The Morgan fingerprint density at radius 2 is 1.67 bits per heavy atom. The number of likely N-dealkylation sites (N-methyl/N-ethyl adjacent to an activating group) is 1. The van der Waals surface area contributed by atoms with Gasteiger partial charge in [-0.25, -0.2) is 9.97 Å². The smallest absolute Gasteiger partial charge is 0.287 e. The molecule has 0 radical (unpaired) electrons. The number of likely N-dealkylation sites (tertiary alicyclic amines) is 1. The van der Waals surface area contributed by atoms with Gasteiger partial charge in [-0.1, -0.05) is 12.5 Å². The Kier molecular flexibility index (Phi) is 9.22. The molecule has 2 aliphatic heterocycles. The van der Waals surface area contributed by atoms with Crippen molar-refractivity contribution < 1.29 is 4.79 Å². The summed E-state index contributed by atoms with van der Waals surface area (Å²) in [5, 5.41) is 7.70. The van der Waals surface area contributed by atoms with Gasteiger partial charge in [-0.3, -0.25) is 9.78 Å². The molecule has 2 aliphatic rings. The molecule has 1 amide bonds. The van der Waals surface area contributed by atoms with Crippen molar-refractivity contribution in [1.82, 2.24) is 40.0 Å². The third kappa shape index (κ3) is 7.06. The van der Waals surface area contributed by atoms with Gasteiger partial charge in [0.25, 0.3) is 5.91 Å². The van der Waals surface area contributed by atoms with Gasteiger partial charge in [-0.15, -0.1) is 0 Å². The number of piperazine rings is 1. The monoisotopic (exact) mass is 569 g/mol. The van der Waals surface area contributed by atoms with E-state index in [1.165, 1.54) is 32.4 Å². The number of aromatic nitrogens is 4. The number of anilines is 1. The van der Waals surface area contributed by atoms with E-state index in [0.29, 0.717) is 12.4 Å². The van der Waals surface area contributed by atoms with E-state index in [2.05, 4.69) is 53.4 Å². The maximum Gasteiger partial charge on any atom is 0.287 e. The summed E-state index contributed by atoms with van der Waals surface area (Å²) in [4.78, 5) is 37.3. The first-order chi connectivity index (χ1) is 20.6. The lowest BCUT2D eigenvalue weighted by Crippen LogP contribution is -2.45. The van der Waals surface area contributed by atoms with Crippen LogP contribution in [0.3, 0.4) is 0 Å². The van der Waals surface area contributed by atoms with E-state index in [9.17, 15) is 4.79 Å². The second-order valence-electron chi connectivity index (χ2n) is 11.7. The van der Waals surface area contributed by atoms with Crippen molar-refractivity contribution in [1.29, 1.82) is 0 Å². The predicted octanol–water partition coefficient (Wildman–Crippen LogP) is 3.83. The number of H-pyrrole nitrogens is 1. The lowest BCUT2D eigenvalue weighted by atomic mass is 10.1. The van der Waals surface area contributed by atoms with Gasteiger partial charge in [-0.2, -0.15) is 0 Å². The van der Waals surface area contributed by atoms with Crippen LogP contribution in [0.5, 0.6) is 0 Å². The van der Waals surface area contributed by atoms with Crippen molar-refractivity contribution >= 4 is 33.5 Å². The molecule has 42 heavy (non-hydrogen) atoms. The summed E-state index contributed by atoms with van der Waals surface area (Å²) in [6, 6.07) is 10.1. The topological polar surface area (TPSA) is 105 Å². The zero-order valence-corrected chi connectivity index (χ0v) is 24.7. The molecule has 0 unspecified atom stereocenters. The first-order valence-electron chi connectivity index (χ1n) is 15.5. The number of nitrogens with zero attached hydrogens (tertiary/aromatic N) is 6. The number of piperidine rings is 1. The average Bonchev–Trinajstić information content (AvgIpc) is 3.46. The number of amides is 1. The Morgan fingerprint density at radius 3 is 2.50 bits per heavy atom. The molecule has 0 atom stereocenters. The zero-order chi connectivity index (χ0) is 28.7. The van der Waals surface area contributed by atoms with E-state index in [0.717, 1.165) is 97.5 Å². The Hall–Kier alpha value is -3.60. The maximum atomic E-state index is 12.8. The summed E-state index contributed by atoms with van der Waals surface area (Å²) in [6.07, 6.45) is 9.70. The van der Waals surface area contributed by atoms with Crippen molar-refractivity contribution in [3.63, 3.8) is 0 Å². The van der Waals surface area contributed by atoms with Gasteiger partial charge in [0.15, 0.2) is 5.82 Å². The normalized spacial score (nSPS) is 17.2. The SMILES string of the molecule is CN1CCN(CCCNC(=O)c2nc3cc(-c4cc(NCCCN5CCCCC5)c5cnccc5n4)ccc3[nH]2)CC1. The van der Waals surface area contributed by atoms with Crippen LogP contribution in [0.15, 0.2) is 42.7 Å². The fourth-order valence-corrected chi connectivity index (χ4v) is 6.00. The van der Waals surface area contributed by atoms with E-state index < -0.39 is 0 Å². The molecule has 2 fully saturated rings. The van der Waals surface area contributed by atoms with Gasteiger partial charge in [0, 0.05) is 68.3 Å². The standard InChI is InChI=1S/C32H43N9O/c1-39-17-19-41(20-18-39)16-6-11-35-32(42)31-37-27-8-7-24(21-30(27)38-31)28-22-29(25-23-33-12-9-26(25)36-28)34-10-5-15-40-13-3-2-4-14-40/h7-9,12,21-23H,2-6,10-11,13-20H2,1H3,(H,34,36)(H,35,42)(H,37,38). The molecule has 222 valence electrons. The van der Waals surface area contributed by atoms with E-state index in [1.807, 2.05) is 30.5 Å². The lowest BCUT2D eigenvalue weighted by Gasteiger charge is -2.32. The van der Waals surface area contributed by atoms with Crippen LogP contribution < -0.4 is 10.6 Å². The van der Waals surface area contributed by atoms with Crippen LogP contribution in [-0.2, 0) is 0 Å². The Morgan fingerprint density at radius 1 is 0.881 bits per heavy atom. The highest BCUT2D eigenvalue weighted by Gasteiger charge is 2.16. The van der Waals surface area contributed by atoms with Gasteiger partial charge < -0.3 is 30.3 Å². The summed E-state index contributed by atoms with van der Waals surface area (Å²) < 4.78 is 0. The summed E-state index contributed by atoms with van der Waals surface area (Å²) in [5.41, 5.74) is 5.36. The van der Waals surface area contributed by atoms with Crippen LogP contribution in [0.4, 0.5) is 5.69 Å². The lowest BCUT2D eigenvalue weighted by molar-refractivity contribution is 0.0940. The minimum absolute atomic E-state index is 0.168. The highest BCUT2D eigenvalue weighted by molar-refractivity contribution is 5.96. The number of benzene rings is 1. The molecule has 0 aliphatic carbocycles. The molecule has 0 saturated carbocycles. The average molecular weight is 570 g/mol. The quantitative estimate of drug-likeness (QED) is 0.234. The number of pyridine rings is 2. The maximum absolute atomic E-state index is 12.8. The number of nitrogens with one attached hydrogen (secondary N) is 3. The van der Waals surface area contributed by atoms with Gasteiger partial charge in [0.05, 0.1) is 22.2 Å². The van der Waals surface area contributed by atoms with Crippen LogP contribution in [0.1, 0.15) is 42.7 Å². The summed E-state index contributed by atoms with van der Waals surface area (Å²) >= 11 is 0. The van der Waals surface area contributed by atoms with Gasteiger partial charge in [0.1, 0.15) is 0 Å². The Bertz CT molecular complexity index is 1490. The number of rotatable bonds is 11. The molecule has 0 spiro atoms. The number of imidazole rings is 1. The number of carbonyl (C=O) groups is 1. The van der Waals surface area contributed by atoms with E-state index >= 15 is 0 Å². The van der Waals surface area contributed by atoms with Crippen molar-refractivity contribution in [3.05, 3.63) is 48.5 Å². The molecule has 1 aromatic carbocycles. The van der Waals surface area contributed by atoms with E-state index in [1.54, 1.807) is 6.20 Å². The molecular weight excluding hydrogens is 526 g/mol. The number of carbonyl (C=O) groups excluding carboxylic acids is 1. The first-order valence-corrected chi connectivity index (χ1v) is 15.5. The molecule has 0 bridgehead atoms. The summed E-state index contributed by atoms with van der Waals surface area (Å²) in [7, 11) is 2.16. The van der Waals surface area contributed by atoms with Crippen molar-refractivity contribution in [2.45, 2.75) is 32.1 Å². The first kappa shape index (κ1) is 28.5. The van der Waals surface area contributed by atoms with Crippen molar-refractivity contribution in [2.75, 3.05) is 77.8 Å². The van der Waals surface area contributed by atoms with Gasteiger partial charge in [-0.05, 0) is 83.2 Å². The van der Waals surface area contributed by atoms with Gasteiger partial charge >= 0.3 is 0 Å². The number of hydrogen-bond acceptors (Lipinski definition) is 8. The third-order valence-corrected chi connectivity index (χ3v) is 8.55. The summed E-state index contributed by atoms with van der Waals surface area (Å²) in [6.45, 7) is 10.5. The Labute approximate surface area is 247 Å². The van der Waals surface area contributed by atoms with E-state index in [-0.39, 0.29) is 5.91 Å². The van der Waals surface area contributed by atoms with E-state index in [4.69, 9.17) is 4.98 Å². The van der Waals surface area contributed by atoms with Crippen LogP contribution in [0, 0.1) is 0 Å². The highest BCUT2D eigenvalue weighted by Crippen LogP contribution is 2.29. The van der Waals surface area contributed by atoms with Crippen molar-refractivity contribution in [3.8, 4) is 11.3 Å². The van der Waals surface area contributed by atoms with Crippen LogP contribution >= 0.6 is 0 Å². The third-order valence-electron chi connectivity index (χ3n) is 8.55. The number of aromatic amines is 1. The second-order valence-corrected chi connectivity index (χ2v) is 11.7. The van der Waals surface area contributed by atoms with Crippen LogP contribution in [0.2, 0.25) is 0 Å². The molecule has 5 heterocycles. The van der Waals surface area contributed by atoms with Crippen LogP contribution in [0.25, 0.3) is 33.2 Å². The van der Waals surface area contributed by atoms with Crippen molar-refractivity contribution in [2.24, 2.45) is 0 Å². The Balaban J connectivity index is 1.10. The minimum atomic E-state index is -0.168. The fraction of sp³-hybridized carbons (Fsp3) is 0.500. The zero-order valence-electron chi connectivity index (χ0n) is 24.7. The molecule has 3 N–H and O–H groups in total. The number of hydrogen-bond donors (Lipinski definition) is 3. The highest BCUT2D eigenvalue weighted by atomic mass is 16.2. The molecule has 6 rings (SSSR count). The molecule has 3 aromatic heterocycles. The molecule has 4 aromatic rings. The summed E-state index contributed by atoms with van der Waals surface area (Å²) in [5.74, 6) is 0.175. The number of fused-ring (bicyclic) bond motifs is 2. The molecule has 2 saturated heterocycles.